The highest BCUT2D eigenvalue weighted by atomic mass is 19.1. The Morgan fingerprint density at radius 2 is 2.03 bits per heavy atom. The van der Waals surface area contributed by atoms with Gasteiger partial charge in [-0.15, -0.1) is 0 Å². The molecule has 0 bridgehead atoms. The zero-order chi connectivity index (χ0) is 25.9. The van der Waals surface area contributed by atoms with Gasteiger partial charge < -0.3 is 30.6 Å². The summed E-state index contributed by atoms with van der Waals surface area (Å²) in [6.07, 6.45) is 4.83. The van der Waals surface area contributed by atoms with Crippen molar-refractivity contribution in [3.8, 4) is 0 Å². The van der Waals surface area contributed by atoms with Gasteiger partial charge in [0.25, 0.3) is 5.91 Å². The van der Waals surface area contributed by atoms with Crippen molar-refractivity contribution in [3.63, 3.8) is 0 Å². The van der Waals surface area contributed by atoms with Gasteiger partial charge in [0.05, 0.1) is 36.2 Å². The molecule has 0 saturated carbocycles. The molecule has 5 rings (SSSR count). The molecule has 3 aromatic rings. The molecule has 0 aliphatic carbocycles. The van der Waals surface area contributed by atoms with Gasteiger partial charge in [-0.05, 0) is 32.0 Å². The minimum Gasteiger partial charge on any atom is -0.389 e. The smallest absolute Gasteiger partial charge is 0.261 e. The van der Waals surface area contributed by atoms with Crippen LogP contribution in [-0.4, -0.2) is 64.4 Å². The lowest BCUT2D eigenvalue weighted by Crippen LogP contribution is -2.41. The lowest BCUT2D eigenvalue weighted by atomic mass is 10.0. The van der Waals surface area contributed by atoms with E-state index in [1.807, 2.05) is 24.8 Å². The summed E-state index contributed by atoms with van der Waals surface area (Å²) in [6, 6.07) is 4.55. The third-order valence-electron chi connectivity index (χ3n) is 6.17. The van der Waals surface area contributed by atoms with E-state index in [0.29, 0.717) is 55.6 Å². The van der Waals surface area contributed by atoms with Crippen molar-refractivity contribution in [1.29, 1.82) is 5.41 Å². The van der Waals surface area contributed by atoms with Crippen LogP contribution >= 0.6 is 0 Å². The first-order valence-electron chi connectivity index (χ1n) is 12.1. The topological polar surface area (TPSA) is 144 Å². The normalized spacial score (nSPS) is 18.4. The number of carbonyl (C=O) groups excluding carboxylic acids is 1. The number of nitrogens with one attached hydrogen (secondary N) is 5. The van der Waals surface area contributed by atoms with Gasteiger partial charge in [0.15, 0.2) is 5.82 Å². The van der Waals surface area contributed by atoms with Crippen molar-refractivity contribution in [2.24, 2.45) is 0 Å². The second-order valence-electron chi connectivity index (χ2n) is 8.68. The van der Waals surface area contributed by atoms with Gasteiger partial charge in [-0.3, -0.25) is 10.2 Å². The molecule has 192 valence electrons. The third-order valence-corrected chi connectivity index (χ3v) is 6.17. The zero-order valence-electron chi connectivity index (χ0n) is 20.6. The maximum atomic E-state index is 15.1. The van der Waals surface area contributed by atoms with E-state index in [4.69, 9.17) is 10.1 Å². The van der Waals surface area contributed by atoms with Crippen LogP contribution in [0.15, 0.2) is 48.2 Å². The SMILES string of the molecule is CCN/C=C1/NC(=O)C(c2nc3c(F)cc(N4CCOCC4)cc3[nH]2)=C(NC(C)c2ncccn2)C1=N. The second kappa shape index (κ2) is 10.3. The number of morpholine rings is 1. The number of aromatic amines is 1. The molecule has 12 heteroatoms. The summed E-state index contributed by atoms with van der Waals surface area (Å²) in [6.45, 7) is 6.83. The number of nitrogens with zero attached hydrogens (tertiary/aromatic N) is 4. The van der Waals surface area contributed by atoms with E-state index in [2.05, 4.69) is 35.9 Å². The van der Waals surface area contributed by atoms with E-state index in [9.17, 15) is 4.79 Å². The van der Waals surface area contributed by atoms with E-state index in [-0.39, 0.29) is 28.3 Å². The van der Waals surface area contributed by atoms with Gasteiger partial charge in [0.1, 0.15) is 28.5 Å². The van der Waals surface area contributed by atoms with Crippen LogP contribution in [0.5, 0.6) is 0 Å². The van der Waals surface area contributed by atoms with Crippen LogP contribution in [0, 0.1) is 11.2 Å². The first-order chi connectivity index (χ1) is 18.0. The molecule has 11 nitrogen and oxygen atoms in total. The van der Waals surface area contributed by atoms with Crippen LogP contribution in [0.4, 0.5) is 10.1 Å². The molecule has 1 amide bonds. The summed E-state index contributed by atoms with van der Waals surface area (Å²) >= 11 is 0. The molecule has 1 atom stereocenters. The fourth-order valence-corrected chi connectivity index (χ4v) is 4.30. The number of ether oxygens (including phenoxy) is 1. The van der Waals surface area contributed by atoms with Crippen LogP contribution in [0.25, 0.3) is 16.6 Å². The van der Waals surface area contributed by atoms with E-state index in [0.717, 1.165) is 0 Å². The Labute approximate surface area is 212 Å². The summed E-state index contributed by atoms with van der Waals surface area (Å²) in [4.78, 5) is 31.5. The molecule has 2 aliphatic rings. The molecule has 4 heterocycles. The Morgan fingerprint density at radius 1 is 1.27 bits per heavy atom. The lowest BCUT2D eigenvalue weighted by Gasteiger charge is -2.28. The maximum absolute atomic E-state index is 15.1. The molecule has 2 aliphatic heterocycles. The van der Waals surface area contributed by atoms with Gasteiger partial charge >= 0.3 is 0 Å². The van der Waals surface area contributed by atoms with E-state index in [1.54, 1.807) is 24.7 Å². The molecule has 1 fully saturated rings. The molecule has 5 N–H and O–H groups in total. The van der Waals surface area contributed by atoms with Crippen molar-refractivity contribution in [1.82, 2.24) is 35.9 Å². The predicted molar refractivity (Wildman–Crippen MR) is 137 cm³/mol. The van der Waals surface area contributed by atoms with Crippen molar-refractivity contribution < 1.29 is 13.9 Å². The van der Waals surface area contributed by atoms with Crippen LogP contribution in [-0.2, 0) is 9.53 Å². The number of halogens is 1. The van der Waals surface area contributed by atoms with Crippen LogP contribution in [0.1, 0.15) is 31.5 Å². The van der Waals surface area contributed by atoms with Crippen molar-refractivity contribution in [2.75, 3.05) is 37.7 Å². The van der Waals surface area contributed by atoms with Crippen LogP contribution in [0.2, 0.25) is 0 Å². The van der Waals surface area contributed by atoms with Gasteiger partial charge in [-0.1, -0.05) is 0 Å². The number of hydrogen-bond acceptors (Lipinski definition) is 9. The fraction of sp³-hybridized carbons (Fsp3) is 0.320. The van der Waals surface area contributed by atoms with Crippen molar-refractivity contribution in [2.45, 2.75) is 19.9 Å². The molecule has 0 radical (unpaired) electrons. The number of aromatic nitrogens is 4. The monoisotopic (exact) mass is 505 g/mol. The largest absolute Gasteiger partial charge is 0.389 e. The number of fused-ring (bicyclic) bond motifs is 1. The average Bonchev–Trinajstić information content (AvgIpc) is 3.35. The molecular weight excluding hydrogens is 477 g/mol. The number of benzene rings is 1. The molecular formula is C25H28FN9O2. The van der Waals surface area contributed by atoms with Crippen molar-refractivity contribution >= 4 is 33.9 Å². The molecule has 2 aromatic heterocycles. The standard InChI is InChI=1S/C25H28FN9O2/c1-3-28-13-18-20(27)22(31-14(2)23-29-5-4-6-30-23)19(25(36)33-18)24-32-17-12-15(11-16(26)21(17)34-24)35-7-9-37-10-8-35/h4-6,11-14,27-28,31H,3,7-10H2,1-2H3,(H,32,34)(H,33,36)/b18-13+,27-20?. The maximum Gasteiger partial charge on any atom is 0.261 e. The minimum absolute atomic E-state index is 0.0493. The van der Waals surface area contributed by atoms with Crippen LogP contribution in [0.3, 0.4) is 0 Å². The quantitative estimate of drug-likeness (QED) is 0.328. The number of hydrogen-bond donors (Lipinski definition) is 5. The molecule has 37 heavy (non-hydrogen) atoms. The number of imidazole rings is 1. The van der Waals surface area contributed by atoms with Gasteiger partial charge in [0, 0.05) is 43.9 Å². The second-order valence-corrected chi connectivity index (χ2v) is 8.68. The molecule has 0 spiro atoms. The van der Waals surface area contributed by atoms with Gasteiger partial charge in [-0.25, -0.2) is 19.3 Å². The van der Waals surface area contributed by atoms with Gasteiger partial charge in [0.2, 0.25) is 0 Å². The lowest BCUT2D eigenvalue weighted by molar-refractivity contribution is -0.115. The van der Waals surface area contributed by atoms with E-state index < -0.39 is 17.8 Å². The summed E-state index contributed by atoms with van der Waals surface area (Å²) < 4.78 is 20.5. The van der Waals surface area contributed by atoms with Gasteiger partial charge in [-0.2, -0.15) is 0 Å². The number of rotatable bonds is 7. The minimum atomic E-state index is -0.498. The number of H-pyrrole nitrogens is 1. The number of anilines is 1. The van der Waals surface area contributed by atoms with E-state index in [1.165, 1.54) is 6.07 Å². The predicted octanol–water partition coefficient (Wildman–Crippen LogP) is 1.99. The summed E-state index contributed by atoms with van der Waals surface area (Å²) in [5, 5.41) is 17.8. The average molecular weight is 506 g/mol. The highest BCUT2D eigenvalue weighted by Crippen LogP contribution is 2.29. The van der Waals surface area contributed by atoms with Crippen molar-refractivity contribution in [3.05, 3.63) is 65.7 Å². The third kappa shape index (κ3) is 4.87. The number of carbonyl (C=O) groups is 1. The molecule has 1 aromatic carbocycles. The Kier molecular flexibility index (Phi) is 6.82. The summed E-state index contributed by atoms with van der Waals surface area (Å²) in [5.74, 6) is -0.323. The highest BCUT2D eigenvalue weighted by molar-refractivity contribution is 6.33. The fourth-order valence-electron chi connectivity index (χ4n) is 4.30. The summed E-state index contributed by atoms with van der Waals surface area (Å²) in [7, 11) is 0. The van der Waals surface area contributed by atoms with Crippen LogP contribution < -0.4 is 20.9 Å². The summed E-state index contributed by atoms with van der Waals surface area (Å²) in [5.41, 5.74) is 1.97. The van der Waals surface area contributed by atoms with E-state index >= 15 is 4.39 Å². The molecule has 1 unspecified atom stereocenters. The highest BCUT2D eigenvalue weighted by Gasteiger charge is 2.32. The first-order valence-corrected chi connectivity index (χ1v) is 12.1. The Morgan fingerprint density at radius 3 is 2.76 bits per heavy atom. The Balaban J connectivity index is 1.59. The first kappa shape index (κ1) is 24.4. The Hall–Kier alpha value is -4.32. The Bertz CT molecular complexity index is 1390. The zero-order valence-corrected chi connectivity index (χ0v) is 20.6. The molecule has 1 saturated heterocycles. The number of amides is 1.